The fraction of sp³-hybridized carbons (Fsp3) is 0.386. The number of ether oxygens (including phenoxy) is 1. The van der Waals surface area contributed by atoms with Gasteiger partial charge in [0.15, 0.2) is 11.6 Å². The molecule has 0 radical (unpaired) electrons. The number of benzene rings is 3. The minimum Gasteiger partial charge on any atom is -0.481 e. The topological polar surface area (TPSA) is 304 Å². The molecule has 0 aliphatic rings. The zero-order valence-electron chi connectivity index (χ0n) is 35.9. The van der Waals surface area contributed by atoms with Gasteiger partial charge < -0.3 is 51.7 Å². The van der Waals surface area contributed by atoms with Crippen LogP contribution in [0.1, 0.15) is 101 Å². The van der Waals surface area contributed by atoms with Gasteiger partial charge in [0.1, 0.15) is 12.1 Å². The van der Waals surface area contributed by atoms with Crippen LogP contribution in [0.25, 0.3) is 0 Å². The molecule has 9 N–H and O–H groups in total. The predicted molar refractivity (Wildman–Crippen MR) is 225 cm³/mol. The molecule has 4 atom stereocenters. The normalized spacial score (nSPS) is 12.7. The number of esters is 1. The minimum absolute atomic E-state index is 0.0379. The van der Waals surface area contributed by atoms with Crippen LogP contribution in [0.15, 0.2) is 54.6 Å². The summed E-state index contributed by atoms with van der Waals surface area (Å²) in [6, 6.07) is 5.22. The van der Waals surface area contributed by atoms with Gasteiger partial charge in [-0.15, -0.1) is 0 Å². The molecule has 0 aliphatic heterocycles. The van der Waals surface area contributed by atoms with Crippen molar-refractivity contribution in [2.75, 3.05) is 13.1 Å². The van der Waals surface area contributed by atoms with Gasteiger partial charge in [-0.3, -0.25) is 33.6 Å². The Labute approximate surface area is 379 Å². The van der Waals surface area contributed by atoms with Gasteiger partial charge in [0.2, 0.25) is 29.2 Å². The van der Waals surface area contributed by atoms with Crippen LogP contribution in [0.3, 0.4) is 0 Å². The Morgan fingerprint density at radius 2 is 1.13 bits per heavy atom. The number of nitrogens with one attached hydrogen (secondary N) is 5. The van der Waals surface area contributed by atoms with E-state index in [2.05, 4.69) is 31.3 Å². The van der Waals surface area contributed by atoms with E-state index in [0.717, 1.165) is 29.8 Å². The number of carboxylic acid groups (broad SMARTS) is 4. The fourth-order valence-corrected chi connectivity index (χ4v) is 6.33. The Morgan fingerprint density at radius 1 is 0.582 bits per heavy atom. The molecule has 0 bridgehead atoms. The maximum Gasteiger partial charge on any atom is 0.343 e. The van der Waals surface area contributed by atoms with Crippen molar-refractivity contribution < 1.29 is 85.9 Å². The smallest absolute Gasteiger partial charge is 0.343 e. The van der Waals surface area contributed by atoms with Crippen molar-refractivity contribution in [2.24, 2.45) is 0 Å². The number of aliphatic carboxylic acids is 4. The van der Waals surface area contributed by atoms with Crippen LogP contribution >= 0.6 is 0 Å². The van der Waals surface area contributed by atoms with Crippen molar-refractivity contribution in [3.05, 3.63) is 100 Å². The number of aryl methyl sites for hydroxylation is 1. The van der Waals surface area contributed by atoms with Gasteiger partial charge in [-0.2, -0.15) is 8.78 Å². The van der Waals surface area contributed by atoms with Gasteiger partial charge in [0, 0.05) is 55.6 Å². The van der Waals surface area contributed by atoms with Crippen LogP contribution in [0.4, 0.5) is 17.6 Å². The number of unbranched alkanes of at least 4 members (excludes halogenated alkanes) is 2. The maximum atomic E-state index is 14.1. The molecule has 0 aromatic heterocycles. The number of halogens is 4. The van der Waals surface area contributed by atoms with Crippen LogP contribution in [-0.4, -0.2) is 111 Å². The molecule has 0 fully saturated rings. The van der Waals surface area contributed by atoms with E-state index < -0.39 is 144 Å². The lowest BCUT2D eigenvalue weighted by atomic mass is 10.0. The molecule has 67 heavy (non-hydrogen) atoms. The number of hydrogen-bond donors (Lipinski definition) is 9. The third kappa shape index (κ3) is 18.2. The Bertz CT molecular complexity index is 2290. The fourth-order valence-electron chi connectivity index (χ4n) is 6.33. The third-order valence-electron chi connectivity index (χ3n) is 9.87. The maximum absolute atomic E-state index is 14.1. The van der Waals surface area contributed by atoms with E-state index >= 15 is 0 Å². The van der Waals surface area contributed by atoms with Gasteiger partial charge in [-0.05, 0) is 69.4 Å². The molecule has 0 heterocycles. The van der Waals surface area contributed by atoms with E-state index in [1.165, 1.54) is 0 Å². The molecule has 3 rings (SSSR count). The summed E-state index contributed by atoms with van der Waals surface area (Å²) in [6.07, 6.45) is -1.88. The SMILES string of the molecule is Cc1cccc(C(=O)NCCCCCC(NC(=O)C(CCC(=O)O)NCC(CCC(=O)O)NC(=O)C(CCC(=O)O)NC(=O)c2cccc(C(=O)Oc3c(F)c(F)cc(F)c3F)c2)C(=O)O)c1. The second kappa shape index (κ2) is 26.5. The summed E-state index contributed by atoms with van der Waals surface area (Å²) in [6.45, 7) is 1.72. The van der Waals surface area contributed by atoms with Gasteiger partial charge in [-0.25, -0.2) is 18.4 Å². The Morgan fingerprint density at radius 3 is 1.73 bits per heavy atom. The number of carboxylic acids is 4. The summed E-state index contributed by atoms with van der Waals surface area (Å²) < 4.78 is 60.1. The molecule has 0 saturated heterocycles. The number of rotatable bonds is 28. The molecular weight excluding hydrogens is 898 g/mol. The molecule has 0 spiro atoms. The third-order valence-corrected chi connectivity index (χ3v) is 9.87. The molecule has 0 saturated carbocycles. The molecule has 0 aliphatic carbocycles. The summed E-state index contributed by atoms with van der Waals surface area (Å²) >= 11 is 0. The molecular formula is C44H49F4N5O14. The average molecular weight is 948 g/mol. The van der Waals surface area contributed by atoms with E-state index in [4.69, 9.17) is 0 Å². The lowest BCUT2D eigenvalue weighted by Gasteiger charge is -2.26. The van der Waals surface area contributed by atoms with Gasteiger partial charge >= 0.3 is 29.8 Å². The van der Waals surface area contributed by atoms with E-state index in [1.807, 2.05) is 13.0 Å². The summed E-state index contributed by atoms with van der Waals surface area (Å²) in [5.74, 6) is -19.8. The van der Waals surface area contributed by atoms with Crippen LogP contribution < -0.4 is 31.3 Å². The number of carbonyl (C=O) groups is 9. The molecule has 4 unspecified atom stereocenters. The van der Waals surface area contributed by atoms with Crippen molar-refractivity contribution >= 4 is 53.5 Å². The van der Waals surface area contributed by atoms with E-state index in [-0.39, 0.29) is 31.2 Å². The minimum atomic E-state index is -2.02. The van der Waals surface area contributed by atoms with E-state index in [9.17, 15) is 81.1 Å². The number of carbonyl (C=O) groups excluding carboxylic acids is 5. The standard InChI is InChI=1S/C44H49F4N5O14/c1-23-7-5-8-24(19-23)39(60)49-18-4-2-3-11-32(43(64)65)53-41(62)30(13-16-34(56)57)50-22-27(12-15-33(54)55)51-42(63)31(14-17-35(58)59)52-40(61)25-9-6-10-26(20-25)44(66)67-38-36(47)28(45)21-29(46)37(38)48/h5-10,19-21,27,30-32,50H,2-4,11-18,22H2,1H3,(H,49,60)(H,51,63)(H,52,61)(H,53,62)(H,54,55)(H,56,57)(H,58,59)(H,64,65). The highest BCUT2D eigenvalue weighted by Gasteiger charge is 2.30. The largest absolute Gasteiger partial charge is 0.481 e. The highest BCUT2D eigenvalue weighted by molar-refractivity contribution is 6.00. The number of amides is 4. The summed E-state index contributed by atoms with van der Waals surface area (Å²) in [4.78, 5) is 112. The molecule has 23 heteroatoms. The van der Waals surface area contributed by atoms with Gasteiger partial charge in [-0.1, -0.05) is 36.6 Å². The lowest BCUT2D eigenvalue weighted by Crippen LogP contribution is -2.55. The van der Waals surface area contributed by atoms with Crippen LogP contribution in [0.2, 0.25) is 0 Å². The lowest BCUT2D eigenvalue weighted by molar-refractivity contribution is -0.143. The molecule has 362 valence electrons. The Balaban J connectivity index is 1.70. The zero-order valence-corrected chi connectivity index (χ0v) is 35.9. The van der Waals surface area contributed by atoms with E-state index in [0.29, 0.717) is 31.4 Å². The van der Waals surface area contributed by atoms with Crippen LogP contribution in [0, 0.1) is 30.2 Å². The first kappa shape index (κ1) is 53.9. The highest BCUT2D eigenvalue weighted by Crippen LogP contribution is 2.27. The first-order valence-corrected chi connectivity index (χ1v) is 20.7. The van der Waals surface area contributed by atoms with Crippen molar-refractivity contribution in [3.8, 4) is 5.75 Å². The van der Waals surface area contributed by atoms with Crippen LogP contribution in [-0.2, 0) is 28.8 Å². The second-order valence-corrected chi connectivity index (χ2v) is 15.1. The van der Waals surface area contributed by atoms with E-state index in [1.54, 1.807) is 18.2 Å². The Kier molecular flexibility index (Phi) is 21.3. The van der Waals surface area contributed by atoms with Crippen molar-refractivity contribution in [1.82, 2.24) is 26.6 Å². The highest BCUT2D eigenvalue weighted by atomic mass is 19.2. The molecule has 4 amide bonds. The summed E-state index contributed by atoms with van der Waals surface area (Å²) in [5.41, 5.74) is 0.434. The number of hydrogen-bond acceptors (Lipinski definition) is 11. The monoisotopic (exact) mass is 947 g/mol. The molecule has 3 aromatic rings. The van der Waals surface area contributed by atoms with Crippen molar-refractivity contribution in [2.45, 2.75) is 95.3 Å². The van der Waals surface area contributed by atoms with Crippen LogP contribution in [0.5, 0.6) is 5.75 Å². The summed E-state index contributed by atoms with van der Waals surface area (Å²) in [7, 11) is 0. The average Bonchev–Trinajstić information content (AvgIpc) is 3.27. The Hall–Kier alpha value is -7.43. The quantitative estimate of drug-likeness (QED) is 0.0166. The molecule has 3 aromatic carbocycles. The first-order valence-electron chi connectivity index (χ1n) is 20.7. The second-order valence-electron chi connectivity index (χ2n) is 15.1. The predicted octanol–water partition coefficient (Wildman–Crippen LogP) is 3.47. The summed E-state index contributed by atoms with van der Waals surface area (Å²) in [5, 5.41) is 50.5. The van der Waals surface area contributed by atoms with Gasteiger partial charge in [0.05, 0.1) is 11.6 Å². The van der Waals surface area contributed by atoms with Crippen molar-refractivity contribution in [3.63, 3.8) is 0 Å². The first-order chi connectivity index (χ1) is 31.7. The zero-order chi connectivity index (χ0) is 49.8. The van der Waals surface area contributed by atoms with Gasteiger partial charge in [0.25, 0.3) is 11.8 Å². The molecule has 19 nitrogen and oxygen atoms in total. The van der Waals surface area contributed by atoms with Crippen molar-refractivity contribution in [1.29, 1.82) is 0 Å².